The van der Waals surface area contributed by atoms with Crippen LogP contribution in [0.1, 0.15) is 31.4 Å². The molecular weight excluding hydrogens is 248 g/mol. The monoisotopic (exact) mass is 266 g/mol. The van der Waals surface area contributed by atoms with Gasteiger partial charge < -0.3 is 9.80 Å². The summed E-state index contributed by atoms with van der Waals surface area (Å²) in [6.07, 6.45) is 2.06. The highest BCUT2D eigenvalue weighted by atomic mass is 32.1. The van der Waals surface area contributed by atoms with Crippen LogP contribution in [0.3, 0.4) is 0 Å². The van der Waals surface area contributed by atoms with E-state index in [2.05, 4.69) is 11.4 Å². The minimum atomic E-state index is -0.0744. The lowest BCUT2D eigenvalue weighted by molar-refractivity contribution is -0.139. The van der Waals surface area contributed by atoms with Crippen molar-refractivity contribution in [3.63, 3.8) is 0 Å². The molecule has 4 nitrogen and oxygen atoms in total. The van der Waals surface area contributed by atoms with Crippen LogP contribution < -0.4 is 0 Å². The van der Waals surface area contributed by atoms with Crippen molar-refractivity contribution in [2.24, 2.45) is 0 Å². The van der Waals surface area contributed by atoms with Crippen LogP contribution in [0.4, 0.5) is 0 Å². The van der Waals surface area contributed by atoms with Gasteiger partial charge in [0.15, 0.2) is 0 Å². The topological polar surface area (TPSA) is 40.6 Å². The fourth-order valence-electron chi connectivity index (χ4n) is 2.28. The number of nitrogens with zero attached hydrogens (tertiary/aromatic N) is 2. The van der Waals surface area contributed by atoms with E-state index in [9.17, 15) is 9.59 Å². The second kappa shape index (κ2) is 5.52. The largest absolute Gasteiger partial charge is 0.337 e. The maximum Gasteiger partial charge on any atom is 0.242 e. The van der Waals surface area contributed by atoms with Gasteiger partial charge in [-0.3, -0.25) is 9.59 Å². The minimum absolute atomic E-state index is 0.0430. The summed E-state index contributed by atoms with van der Waals surface area (Å²) in [7, 11) is 1.66. The molecule has 0 aromatic carbocycles. The van der Waals surface area contributed by atoms with E-state index in [1.165, 1.54) is 17.4 Å². The maximum absolute atomic E-state index is 12.2. The van der Waals surface area contributed by atoms with Crippen LogP contribution >= 0.6 is 11.3 Å². The second-order valence-corrected chi connectivity index (χ2v) is 5.46. The first-order chi connectivity index (χ1) is 8.59. The predicted octanol–water partition coefficient (Wildman–Crippen LogP) is 1.89. The molecule has 5 heteroatoms. The van der Waals surface area contributed by atoms with Gasteiger partial charge in [-0.2, -0.15) is 11.3 Å². The maximum atomic E-state index is 12.2. The second-order valence-electron chi connectivity index (χ2n) is 4.68. The molecule has 2 rings (SSSR count). The summed E-state index contributed by atoms with van der Waals surface area (Å²) in [5.41, 5.74) is 1.22. The van der Waals surface area contributed by atoms with E-state index >= 15 is 0 Å². The van der Waals surface area contributed by atoms with E-state index in [1.807, 2.05) is 10.3 Å². The quantitative estimate of drug-likeness (QED) is 0.838. The molecular formula is C13H18N2O2S. The lowest BCUT2D eigenvalue weighted by Gasteiger charge is -2.26. The average Bonchev–Trinajstić information content (AvgIpc) is 2.99. The number of amides is 2. The standard InChI is InChI=1S/C13H18N2O2S/c1-10(16)14(2)8-13(17)15-6-3-4-12(15)11-5-7-18-9-11/h5,7,9,12H,3-4,6,8H2,1-2H3. The first-order valence-corrected chi connectivity index (χ1v) is 7.07. The third-order valence-corrected chi connectivity index (χ3v) is 4.11. The summed E-state index contributed by atoms with van der Waals surface area (Å²) in [5, 5.41) is 4.14. The van der Waals surface area contributed by atoms with Crippen LogP contribution in [0, 0.1) is 0 Å². The zero-order valence-corrected chi connectivity index (χ0v) is 11.6. The van der Waals surface area contributed by atoms with Gasteiger partial charge >= 0.3 is 0 Å². The Kier molecular flexibility index (Phi) is 4.01. The van der Waals surface area contributed by atoms with E-state index in [0.717, 1.165) is 19.4 Å². The van der Waals surface area contributed by atoms with E-state index in [0.29, 0.717) is 0 Å². The molecule has 98 valence electrons. The first kappa shape index (κ1) is 13.1. The highest BCUT2D eigenvalue weighted by Crippen LogP contribution is 2.32. The van der Waals surface area contributed by atoms with Gasteiger partial charge in [-0.25, -0.2) is 0 Å². The number of likely N-dealkylation sites (N-methyl/N-ethyl adjacent to an activating group) is 1. The fraction of sp³-hybridized carbons (Fsp3) is 0.538. The Bertz CT molecular complexity index is 430. The lowest BCUT2D eigenvalue weighted by Crippen LogP contribution is -2.40. The van der Waals surface area contributed by atoms with Gasteiger partial charge in [0.1, 0.15) is 0 Å². The van der Waals surface area contributed by atoms with Gasteiger partial charge in [0, 0.05) is 20.5 Å². The van der Waals surface area contributed by atoms with Crippen LogP contribution in [0.2, 0.25) is 0 Å². The summed E-state index contributed by atoms with van der Waals surface area (Å²) in [6.45, 7) is 2.45. The van der Waals surface area contributed by atoms with Gasteiger partial charge in [-0.15, -0.1) is 0 Å². The summed E-state index contributed by atoms with van der Waals surface area (Å²) >= 11 is 1.66. The number of likely N-dealkylation sites (tertiary alicyclic amines) is 1. The van der Waals surface area contributed by atoms with E-state index in [-0.39, 0.29) is 24.4 Å². The first-order valence-electron chi connectivity index (χ1n) is 6.13. The minimum Gasteiger partial charge on any atom is -0.337 e. The van der Waals surface area contributed by atoms with E-state index in [4.69, 9.17) is 0 Å². The third-order valence-electron chi connectivity index (χ3n) is 3.41. The third kappa shape index (κ3) is 2.72. The molecule has 0 saturated carbocycles. The summed E-state index contributed by atoms with van der Waals surface area (Å²) in [4.78, 5) is 26.7. The van der Waals surface area contributed by atoms with Gasteiger partial charge in [-0.1, -0.05) is 0 Å². The molecule has 1 aromatic heterocycles. The van der Waals surface area contributed by atoms with Gasteiger partial charge in [0.05, 0.1) is 12.6 Å². The van der Waals surface area contributed by atoms with Crippen molar-refractivity contribution in [1.29, 1.82) is 0 Å². The molecule has 1 aromatic rings. The number of thiophene rings is 1. The highest BCUT2D eigenvalue weighted by molar-refractivity contribution is 7.07. The zero-order chi connectivity index (χ0) is 13.1. The number of hydrogen-bond acceptors (Lipinski definition) is 3. The van der Waals surface area contributed by atoms with E-state index in [1.54, 1.807) is 18.4 Å². The van der Waals surface area contributed by atoms with Crippen molar-refractivity contribution in [3.8, 4) is 0 Å². The van der Waals surface area contributed by atoms with Crippen molar-refractivity contribution < 1.29 is 9.59 Å². The Hall–Kier alpha value is -1.36. The fourth-order valence-corrected chi connectivity index (χ4v) is 2.99. The van der Waals surface area contributed by atoms with Crippen LogP contribution in [0.5, 0.6) is 0 Å². The Labute approximate surface area is 111 Å². The predicted molar refractivity (Wildman–Crippen MR) is 71.3 cm³/mol. The SMILES string of the molecule is CC(=O)N(C)CC(=O)N1CCCC1c1ccsc1. The van der Waals surface area contributed by atoms with Crippen molar-refractivity contribution in [2.45, 2.75) is 25.8 Å². The molecule has 1 unspecified atom stereocenters. The molecule has 0 N–H and O–H groups in total. The van der Waals surface area contributed by atoms with Crippen LogP contribution in [0.15, 0.2) is 16.8 Å². The lowest BCUT2D eigenvalue weighted by atomic mass is 10.1. The smallest absolute Gasteiger partial charge is 0.242 e. The number of carbonyl (C=O) groups excluding carboxylic acids is 2. The zero-order valence-electron chi connectivity index (χ0n) is 10.8. The number of rotatable bonds is 3. The Balaban J connectivity index is 2.03. The van der Waals surface area contributed by atoms with Gasteiger partial charge in [0.25, 0.3) is 0 Å². The molecule has 2 amide bonds. The summed E-state index contributed by atoms with van der Waals surface area (Å²) < 4.78 is 0. The molecule has 1 saturated heterocycles. The van der Waals surface area contributed by atoms with Crippen molar-refractivity contribution in [1.82, 2.24) is 9.80 Å². The molecule has 18 heavy (non-hydrogen) atoms. The summed E-state index contributed by atoms with van der Waals surface area (Å²) in [5.74, 6) is -0.0315. The van der Waals surface area contributed by atoms with Crippen LogP contribution in [-0.4, -0.2) is 41.8 Å². The normalized spacial score (nSPS) is 19.0. The highest BCUT2D eigenvalue weighted by Gasteiger charge is 2.30. The van der Waals surface area contributed by atoms with E-state index < -0.39 is 0 Å². The molecule has 1 aliphatic rings. The number of hydrogen-bond donors (Lipinski definition) is 0. The molecule has 0 radical (unpaired) electrons. The number of carbonyl (C=O) groups is 2. The van der Waals surface area contributed by atoms with Crippen molar-refractivity contribution in [2.75, 3.05) is 20.1 Å². The Morgan fingerprint density at radius 2 is 2.33 bits per heavy atom. The molecule has 0 bridgehead atoms. The molecule has 1 atom stereocenters. The Morgan fingerprint density at radius 1 is 1.56 bits per heavy atom. The molecule has 2 heterocycles. The van der Waals surface area contributed by atoms with Gasteiger partial charge in [0.2, 0.25) is 11.8 Å². The Morgan fingerprint density at radius 3 is 2.94 bits per heavy atom. The molecule has 0 aliphatic carbocycles. The van der Waals surface area contributed by atoms with Crippen molar-refractivity contribution >= 4 is 23.2 Å². The van der Waals surface area contributed by atoms with Crippen LogP contribution in [-0.2, 0) is 9.59 Å². The molecule has 0 spiro atoms. The van der Waals surface area contributed by atoms with Crippen molar-refractivity contribution in [3.05, 3.63) is 22.4 Å². The van der Waals surface area contributed by atoms with Gasteiger partial charge in [-0.05, 0) is 35.2 Å². The van der Waals surface area contributed by atoms with Crippen LogP contribution in [0.25, 0.3) is 0 Å². The average molecular weight is 266 g/mol. The molecule has 1 aliphatic heterocycles. The molecule has 1 fully saturated rings. The summed E-state index contributed by atoms with van der Waals surface area (Å²) in [6, 6.07) is 2.28.